The smallest absolute Gasteiger partial charge is 0.475 e. The van der Waals surface area contributed by atoms with Gasteiger partial charge in [-0.3, -0.25) is 42.3 Å². The van der Waals surface area contributed by atoms with Crippen LogP contribution in [-0.4, -0.2) is 99.9 Å². The van der Waals surface area contributed by atoms with Crippen LogP contribution in [0.5, 0.6) is 11.5 Å². The van der Waals surface area contributed by atoms with E-state index in [1.54, 1.807) is 28.1 Å². The number of phosphoric acid groups is 1. The van der Waals surface area contributed by atoms with Crippen LogP contribution in [0.4, 0.5) is 0 Å². The fourth-order valence-electron chi connectivity index (χ4n) is 11.0. The molecule has 1 saturated carbocycles. The first kappa shape index (κ1) is 55.2. The van der Waals surface area contributed by atoms with E-state index in [2.05, 4.69) is 16.0 Å². The Morgan fingerprint density at radius 2 is 1.38 bits per heavy atom. The minimum Gasteiger partial charge on any atom is -0.497 e. The van der Waals surface area contributed by atoms with E-state index in [1.807, 2.05) is 118 Å². The third-order valence-electron chi connectivity index (χ3n) is 14.6. The molecule has 3 aliphatic heterocycles. The maximum atomic E-state index is 15.4. The molecule has 11 atom stereocenters. The van der Waals surface area contributed by atoms with E-state index in [-0.39, 0.29) is 49.3 Å². The second-order valence-corrected chi connectivity index (χ2v) is 23.0. The highest BCUT2D eigenvalue weighted by molar-refractivity contribution is 7.48. The molecule has 4 fully saturated rings. The number of ether oxygens (including phenoxy) is 5. The van der Waals surface area contributed by atoms with Crippen LogP contribution in [0.25, 0.3) is 0 Å². The monoisotopic (exact) mass is 1090 g/mol. The van der Waals surface area contributed by atoms with E-state index in [0.717, 1.165) is 16.7 Å². The molecule has 76 heavy (non-hydrogen) atoms. The Morgan fingerprint density at radius 1 is 0.829 bits per heavy atom. The van der Waals surface area contributed by atoms with Crippen molar-refractivity contribution in [1.82, 2.24) is 23.8 Å². The molecule has 5 heterocycles. The molecule has 406 valence electrons. The SMILES string of the molecule is COc1ccc(C(OC[C@]23O[C@@H](n4cc(C)c(=O)[nH]c4=O)[C@H]4[C@H](C)[C@H]2O[P@@](=O)(OC[C@H]2O[C@@H](n5cc(C)c(=O)[nH]c5=O)C[C@@H]2OP(OCCC#N)N(C(C)C)C(C)C)O[C@@H]43)(c2ccccc2)c2ccc(OC)cc2)cc1. The lowest BCUT2D eigenvalue weighted by Crippen LogP contribution is -2.57. The summed E-state index contributed by atoms with van der Waals surface area (Å²) in [6, 6.07) is 26.6. The van der Waals surface area contributed by atoms with Gasteiger partial charge in [0.25, 0.3) is 19.6 Å². The molecule has 1 unspecified atom stereocenters. The van der Waals surface area contributed by atoms with Gasteiger partial charge in [0.15, 0.2) is 0 Å². The Balaban J connectivity index is 1.09. The summed E-state index contributed by atoms with van der Waals surface area (Å²) < 4.78 is 84.7. The Hall–Kier alpha value is -5.59. The summed E-state index contributed by atoms with van der Waals surface area (Å²) in [6.07, 6.45) is -3.02. The van der Waals surface area contributed by atoms with Gasteiger partial charge in [0.1, 0.15) is 53.5 Å². The fourth-order valence-corrected chi connectivity index (χ4v) is 14.5. The number of hydrogen-bond acceptors (Lipinski definition) is 17. The van der Waals surface area contributed by atoms with Crippen molar-refractivity contribution in [3.63, 3.8) is 0 Å². The van der Waals surface area contributed by atoms with Crippen molar-refractivity contribution >= 4 is 16.3 Å². The predicted molar refractivity (Wildman–Crippen MR) is 278 cm³/mol. The minimum absolute atomic E-state index is 0.0540. The first-order valence-corrected chi connectivity index (χ1v) is 27.8. The number of rotatable bonds is 21. The van der Waals surface area contributed by atoms with E-state index in [4.69, 9.17) is 46.3 Å². The predicted octanol–water partition coefficient (Wildman–Crippen LogP) is 7.12. The zero-order valence-corrected chi connectivity index (χ0v) is 45.6. The second kappa shape index (κ2) is 22.4. The van der Waals surface area contributed by atoms with Gasteiger partial charge in [0.2, 0.25) is 0 Å². The summed E-state index contributed by atoms with van der Waals surface area (Å²) in [5.41, 5.74) is -2.72. The lowest BCUT2D eigenvalue weighted by Gasteiger charge is -2.46. The molecular formula is C53H64N6O15P2. The van der Waals surface area contributed by atoms with Crippen LogP contribution in [0, 0.1) is 37.0 Å². The summed E-state index contributed by atoms with van der Waals surface area (Å²) in [7, 11) is -3.29. The number of H-pyrrole nitrogens is 2. The number of nitrogens with one attached hydrogen (secondary N) is 2. The zero-order chi connectivity index (χ0) is 54.3. The summed E-state index contributed by atoms with van der Waals surface area (Å²) in [6.45, 7) is 12.4. The highest BCUT2D eigenvalue weighted by Gasteiger charge is 2.76. The van der Waals surface area contributed by atoms with E-state index in [0.29, 0.717) is 11.5 Å². The van der Waals surface area contributed by atoms with Crippen molar-refractivity contribution in [1.29, 1.82) is 5.26 Å². The Kier molecular flexibility index (Phi) is 16.3. The molecule has 1 aliphatic carbocycles. The number of methoxy groups -OCH3 is 2. The molecule has 23 heteroatoms. The number of nitriles is 1. The summed E-state index contributed by atoms with van der Waals surface area (Å²) in [4.78, 5) is 56.9. The summed E-state index contributed by atoms with van der Waals surface area (Å²) >= 11 is 0. The number of nitrogens with zero attached hydrogens (tertiary/aromatic N) is 4. The molecule has 21 nitrogen and oxygen atoms in total. The maximum absolute atomic E-state index is 15.4. The zero-order valence-electron chi connectivity index (χ0n) is 43.8. The van der Waals surface area contributed by atoms with Gasteiger partial charge < -0.3 is 32.7 Å². The van der Waals surface area contributed by atoms with Gasteiger partial charge in [-0.15, -0.1) is 0 Å². The molecule has 0 spiro atoms. The first-order chi connectivity index (χ1) is 36.4. The number of aromatic amines is 2. The van der Waals surface area contributed by atoms with E-state index < -0.39 is 105 Å². The average Bonchev–Trinajstić information content (AvgIpc) is 4.14. The molecule has 2 aromatic heterocycles. The summed E-state index contributed by atoms with van der Waals surface area (Å²) in [5, 5.41) is 9.39. The van der Waals surface area contributed by atoms with Crippen LogP contribution in [-0.2, 0) is 47.0 Å². The molecule has 3 aromatic carbocycles. The van der Waals surface area contributed by atoms with Gasteiger partial charge in [0, 0.05) is 47.9 Å². The lowest BCUT2D eigenvalue weighted by atomic mass is 9.79. The Labute approximate surface area is 440 Å². The molecule has 4 bridgehead atoms. The van der Waals surface area contributed by atoms with Gasteiger partial charge in [0.05, 0.1) is 52.6 Å². The number of aryl methyl sites for hydroxylation is 2. The van der Waals surface area contributed by atoms with Crippen molar-refractivity contribution in [2.24, 2.45) is 11.8 Å². The third-order valence-corrected chi connectivity index (χ3v) is 18.2. The average molecular weight is 1090 g/mol. The topological polar surface area (TPSA) is 246 Å². The van der Waals surface area contributed by atoms with Gasteiger partial charge >= 0.3 is 19.2 Å². The Bertz CT molecular complexity index is 3140. The van der Waals surface area contributed by atoms with Gasteiger partial charge in [-0.2, -0.15) is 5.26 Å². The standard InChI is InChI=1S/C53H64N6O15P2/c1-31(2)59(32(3)4)75(68-25-13-24-54)72-41-26-43(57-27-33(5)47(60)55-50(57)62)70-42(41)29-69-76(64)73-45-35(7)44-46(74-76)52(45,71-49(44)58-28-34(6)48(61)56-51(58)63)30-67-53(36-14-11-10-12-15-36,37-16-20-39(65-8)21-17-37)38-18-22-40(66-9)23-19-38/h10-12,14-23,27-28,31-32,35,41-46,49H,13,25-26,29-30H2,1-9H3,(H,55,60,62)(H,56,61,63)/t35-,41-,42+,43+,44-,45+,46-,49+,52-,75?,76+/m0/s1. The lowest BCUT2D eigenvalue weighted by molar-refractivity contribution is -0.231. The van der Waals surface area contributed by atoms with Crippen LogP contribution < -0.4 is 32.0 Å². The van der Waals surface area contributed by atoms with Gasteiger partial charge in [-0.05, 0) is 88.4 Å². The second-order valence-electron chi connectivity index (χ2n) is 20.0. The minimum atomic E-state index is -4.62. The van der Waals surface area contributed by atoms with Crippen molar-refractivity contribution in [2.75, 3.05) is 34.0 Å². The molecule has 0 radical (unpaired) electrons. The van der Waals surface area contributed by atoms with Crippen molar-refractivity contribution in [3.05, 3.63) is 161 Å². The van der Waals surface area contributed by atoms with E-state index in [9.17, 15) is 24.4 Å². The molecule has 4 aliphatic rings. The molecule has 5 aromatic rings. The van der Waals surface area contributed by atoms with Crippen molar-refractivity contribution in [2.45, 2.75) is 121 Å². The number of aromatic nitrogens is 4. The molecule has 9 rings (SSSR count). The summed E-state index contributed by atoms with van der Waals surface area (Å²) in [5.74, 6) is 0.00758. The van der Waals surface area contributed by atoms with Crippen molar-refractivity contribution < 1.29 is 50.9 Å². The van der Waals surface area contributed by atoms with Gasteiger partial charge in [-0.1, -0.05) is 61.5 Å². The maximum Gasteiger partial charge on any atom is 0.475 e. The molecular weight excluding hydrogens is 1020 g/mol. The van der Waals surface area contributed by atoms with Crippen LogP contribution in [0.3, 0.4) is 0 Å². The molecule has 0 amide bonds. The molecule has 2 N–H and O–H groups in total. The van der Waals surface area contributed by atoms with E-state index in [1.165, 1.54) is 21.5 Å². The third kappa shape index (κ3) is 10.3. The largest absolute Gasteiger partial charge is 0.497 e. The normalized spacial score (nSPS) is 27.3. The van der Waals surface area contributed by atoms with Crippen LogP contribution in [0.2, 0.25) is 0 Å². The highest BCUT2D eigenvalue weighted by Crippen LogP contribution is 2.71. The van der Waals surface area contributed by atoms with Crippen LogP contribution in [0.1, 0.15) is 87.7 Å². The quantitative estimate of drug-likeness (QED) is 0.0422. The van der Waals surface area contributed by atoms with E-state index >= 15 is 4.57 Å². The van der Waals surface area contributed by atoms with Crippen molar-refractivity contribution in [3.8, 4) is 17.6 Å². The fraction of sp³-hybridized carbons (Fsp3) is 0.491. The van der Waals surface area contributed by atoms with Crippen LogP contribution >= 0.6 is 16.3 Å². The number of phosphoric ester groups is 1. The number of hydrogen-bond donors (Lipinski definition) is 2. The number of benzene rings is 3. The first-order valence-electron chi connectivity index (χ1n) is 25.2. The van der Waals surface area contributed by atoms with Gasteiger partial charge in [-0.25, -0.2) is 18.8 Å². The highest BCUT2D eigenvalue weighted by atomic mass is 31.2. The van der Waals surface area contributed by atoms with Crippen LogP contribution in [0.15, 0.2) is 110 Å². The Morgan fingerprint density at radius 3 is 1.95 bits per heavy atom. The molecule has 3 saturated heterocycles.